The summed E-state index contributed by atoms with van der Waals surface area (Å²) in [5.74, 6) is 0.457. The van der Waals surface area contributed by atoms with Crippen LogP contribution in [0, 0.1) is 13.8 Å². The van der Waals surface area contributed by atoms with E-state index in [4.69, 9.17) is 16.0 Å². The monoisotopic (exact) mass is 394 g/mol. The van der Waals surface area contributed by atoms with Crippen molar-refractivity contribution in [1.29, 1.82) is 0 Å². The summed E-state index contributed by atoms with van der Waals surface area (Å²) < 4.78 is 6.97. The fourth-order valence-corrected chi connectivity index (χ4v) is 3.34. The summed E-state index contributed by atoms with van der Waals surface area (Å²) in [6.07, 6.45) is 3.85. The van der Waals surface area contributed by atoms with Crippen molar-refractivity contribution < 1.29 is 9.21 Å². The molecule has 4 rings (SSSR count). The van der Waals surface area contributed by atoms with Crippen molar-refractivity contribution in [3.05, 3.63) is 87.7 Å². The molecule has 0 saturated carbocycles. The summed E-state index contributed by atoms with van der Waals surface area (Å²) in [6.45, 7) is 4.26. The van der Waals surface area contributed by atoms with Gasteiger partial charge in [0, 0.05) is 22.8 Å². The lowest BCUT2D eigenvalue weighted by Gasteiger charge is -2.12. The highest BCUT2D eigenvalue weighted by Crippen LogP contribution is 2.21. The second kappa shape index (κ2) is 7.48. The molecule has 7 heteroatoms. The Morgan fingerprint density at radius 2 is 2.00 bits per heavy atom. The maximum Gasteiger partial charge on any atom is 0.257 e. The number of hydrogen-bond acceptors (Lipinski definition) is 4. The Bertz CT molecular complexity index is 1130. The summed E-state index contributed by atoms with van der Waals surface area (Å²) in [5.41, 5.74) is 5.05. The largest absolute Gasteiger partial charge is 0.467 e. The van der Waals surface area contributed by atoms with Crippen molar-refractivity contribution in [2.24, 2.45) is 0 Å². The zero-order chi connectivity index (χ0) is 19.7. The maximum absolute atomic E-state index is 12.6. The number of hydrogen-bond donors (Lipinski definition) is 1. The van der Waals surface area contributed by atoms with Gasteiger partial charge < -0.3 is 9.73 Å². The van der Waals surface area contributed by atoms with Gasteiger partial charge in [0.2, 0.25) is 0 Å². The number of fused-ring (bicyclic) bond motifs is 1. The number of halogens is 1. The van der Waals surface area contributed by atoms with Crippen LogP contribution in [0.15, 0.2) is 53.3 Å². The van der Waals surface area contributed by atoms with Gasteiger partial charge in [-0.3, -0.25) is 4.79 Å². The highest BCUT2D eigenvalue weighted by molar-refractivity contribution is 6.30. The standard InChI is InChI=1S/C21H19ClN4O2/c1-13-18(10-15-5-7-16(22)8-6-15)14(2)26-20(25-13)19(12-24-26)21(27)23-11-17-4-3-9-28-17/h3-9,12H,10-11H2,1-2H3,(H,23,27). The molecular formula is C21H19ClN4O2. The van der Waals surface area contributed by atoms with Gasteiger partial charge in [-0.15, -0.1) is 0 Å². The minimum atomic E-state index is -0.233. The van der Waals surface area contributed by atoms with Crippen LogP contribution < -0.4 is 5.32 Å². The number of amides is 1. The number of nitrogens with one attached hydrogen (secondary N) is 1. The first-order chi connectivity index (χ1) is 13.5. The molecule has 1 amide bonds. The predicted octanol–water partition coefficient (Wildman–Crippen LogP) is 4.11. The molecular weight excluding hydrogens is 376 g/mol. The first-order valence-corrected chi connectivity index (χ1v) is 9.29. The van der Waals surface area contributed by atoms with Crippen LogP contribution in [0.4, 0.5) is 0 Å². The summed E-state index contributed by atoms with van der Waals surface area (Å²) in [7, 11) is 0. The summed E-state index contributed by atoms with van der Waals surface area (Å²) in [6, 6.07) is 11.4. The molecule has 0 unspecified atom stereocenters. The third kappa shape index (κ3) is 3.51. The molecule has 3 aromatic heterocycles. The van der Waals surface area contributed by atoms with E-state index in [9.17, 15) is 4.79 Å². The van der Waals surface area contributed by atoms with E-state index in [1.807, 2.05) is 44.2 Å². The van der Waals surface area contributed by atoms with Crippen molar-refractivity contribution in [2.75, 3.05) is 0 Å². The van der Waals surface area contributed by atoms with Gasteiger partial charge in [0.1, 0.15) is 11.3 Å². The van der Waals surface area contributed by atoms with Crippen LogP contribution >= 0.6 is 11.6 Å². The van der Waals surface area contributed by atoms with Gasteiger partial charge in [-0.2, -0.15) is 5.10 Å². The maximum atomic E-state index is 12.6. The van der Waals surface area contributed by atoms with E-state index in [2.05, 4.69) is 15.4 Å². The van der Waals surface area contributed by atoms with E-state index in [0.29, 0.717) is 28.5 Å². The molecule has 4 aromatic rings. The van der Waals surface area contributed by atoms with Crippen LogP contribution in [0.5, 0.6) is 0 Å². The zero-order valence-corrected chi connectivity index (χ0v) is 16.3. The molecule has 0 atom stereocenters. The third-order valence-electron chi connectivity index (χ3n) is 4.75. The SMILES string of the molecule is Cc1nc2c(C(=O)NCc3ccco3)cnn2c(C)c1Cc1ccc(Cl)cc1. The van der Waals surface area contributed by atoms with Crippen LogP contribution in [0.2, 0.25) is 5.02 Å². The number of benzene rings is 1. The molecule has 6 nitrogen and oxygen atoms in total. The lowest BCUT2D eigenvalue weighted by Crippen LogP contribution is -2.22. The summed E-state index contributed by atoms with van der Waals surface area (Å²) >= 11 is 5.98. The number of furan rings is 1. The third-order valence-corrected chi connectivity index (χ3v) is 5.00. The number of carbonyl (C=O) groups is 1. The molecule has 0 fully saturated rings. The molecule has 0 radical (unpaired) electrons. The molecule has 0 spiro atoms. The predicted molar refractivity (Wildman–Crippen MR) is 107 cm³/mol. The highest BCUT2D eigenvalue weighted by Gasteiger charge is 2.18. The number of aryl methyl sites for hydroxylation is 2. The quantitative estimate of drug-likeness (QED) is 0.552. The van der Waals surface area contributed by atoms with Gasteiger partial charge in [0.25, 0.3) is 5.91 Å². The van der Waals surface area contributed by atoms with Gasteiger partial charge in [-0.1, -0.05) is 23.7 Å². The van der Waals surface area contributed by atoms with E-state index in [-0.39, 0.29) is 5.91 Å². The zero-order valence-electron chi connectivity index (χ0n) is 15.6. The highest BCUT2D eigenvalue weighted by atomic mass is 35.5. The Morgan fingerprint density at radius 1 is 1.21 bits per heavy atom. The van der Waals surface area contributed by atoms with E-state index < -0.39 is 0 Å². The number of rotatable bonds is 5. The number of nitrogens with zero attached hydrogens (tertiary/aromatic N) is 3. The van der Waals surface area contributed by atoms with Crippen LogP contribution in [0.25, 0.3) is 5.65 Å². The normalized spacial score (nSPS) is 11.1. The average molecular weight is 395 g/mol. The minimum Gasteiger partial charge on any atom is -0.467 e. The summed E-state index contributed by atoms with van der Waals surface area (Å²) in [4.78, 5) is 17.3. The molecule has 1 N–H and O–H groups in total. The van der Waals surface area contributed by atoms with Crippen molar-refractivity contribution in [1.82, 2.24) is 19.9 Å². The van der Waals surface area contributed by atoms with Crippen molar-refractivity contribution in [3.8, 4) is 0 Å². The molecule has 0 aliphatic carbocycles. The molecule has 0 aliphatic heterocycles. The van der Waals surface area contributed by atoms with Crippen molar-refractivity contribution in [3.63, 3.8) is 0 Å². The van der Waals surface area contributed by atoms with Gasteiger partial charge >= 0.3 is 0 Å². The smallest absolute Gasteiger partial charge is 0.257 e. The van der Waals surface area contributed by atoms with E-state index in [1.165, 1.54) is 0 Å². The van der Waals surface area contributed by atoms with Crippen LogP contribution in [-0.2, 0) is 13.0 Å². The molecule has 28 heavy (non-hydrogen) atoms. The molecule has 3 heterocycles. The second-order valence-corrected chi connectivity index (χ2v) is 7.06. The first-order valence-electron chi connectivity index (χ1n) is 8.92. The van der Waals surface area contributed by atoms with Crippen LogP contribution in [0.3, 0.4) is 0 Å². The molecule has 0 saturated heterocycles. The lowest BCUT2D eigenvalue weighted by atomic mass is 10.0. The lowest BCUT2D eigenvalue weighted by molar-refractivity contribution is 0.0949. The fourth-order valence-electron chi connectivity index (χ4n) is 3.21. The second-order valence-electron chi connectivity index (χ2n) is 6.62. The number of aromatic nitrogens is 3. The Kier molecular flexibility index (Phi) is 4.88. The van der Waals surface area contributed by atoms with E-state index in [1.54, 1.807) is 23.0 Å². The van der Waals surface area contributed by atoms with Crippen LogP contribution in [0.1, 0.15) is 38.6 Å². The number of carbonyl (C=O) groups excluding carboxylic acids is 1. The first kappa shape index (κ1) is 18.3. The average Bonchev–Trinajstić information content (AvgIpc) is 3.34. The fraction of sp³-hybridized carbons (Fsp3) is 0.190. The van der Waals surface area contributed by atoms with Crippen molar-refractivity contribution in [2.45, 2.75) is 26.8 Å². The Morgan fingerprint density at radius 3 is 2.71 bits per heavy atom. The summed E-state index contributed by atoms with van der Waals surface area (Å²) in [5, 5.41) is 7.94. The van der Waals surface area contributed by atoms with Gasteiger partial charge in [-0.05, 0) is 49.2 Å². The van der Waals surface area contributed by atoms with E-state index >= 15 is 0 Å². The Labute approximate surface area is 167 Å². The van der Waals surface area contributed by atoms with E-state index in [0.717, 1.165) is 28.9 Å². The molecule has 0 aliphatic rings. The topological polar surface area (TPSA) is 72.4 Å². The van der Waals surface area contributed by atoms with Gasteiger partial charge in [0.05, 0.1) is 19.0 Å². The molecule has 1 aromatic carbocycles. The minimum absolute atomic E-state index is 0.233. The van der Waals surface area contributed by atoms with Crippen LogP contribution in [-0.4, -0.2) is 20.5 Å². The van der Waals surface area contributed by atoms with Gasteiger partial charge in [-0.25, -0.2) is 9.50 Å². The van der Waals surface area contributed by atoms with Gasteiger partial charge in [0.15, 0.2) is 5.65 Å². The molecule has 142 valence electrons. The van der Waals surface area contributed by atoms with Crippen molar-refractivity contribution >= 4 is 23.2 Å². The molecule has 0 bridgehead atoms. The Balaban J connectivity index is 1.63. The Hall–Kier alpha value is -3.12.